The van der Waals surface area contributed by atoms with Gasteiger partial charge in [-0.2, -0.15) is 5.26 Å². The monoisotopic (exact) mass is 248 g/mol. The first-order valence-corrected chi connectivity index (χ1v) is 6.55. The Kier molecular flexibility index (Phi) is 3.39. The van der Waals surface area contributed by atoms with Crippen molar-refractivity contribution in [2.45, 2.75) is 0 Å². The number of nitrogens with zero attached hydrogens (tertiary/aromatic N) is 3. The standard InChI is InChI=1S/C10H8N4S2/c1-15-10(12-5-11)14-7-2-3-8-9(4-7)16-6-13-8/h2-4,6H,1H3,(H,12,14). The van der Waals surface area contributed by atoms with Crippen molar-refractivity contribution in [1.82, 2.24) is 10.3 Å². The molecule has 0 unspecified atom stereocenters. The Morgan fingerprint density at radius 1 is 1.62 bits per heavy atom. The lowest BCUT2D eigenvalue weighted by Crippen LogP contribution is -2.12. The molecule has 0 radical (unpaired) electrons. The fraction of sp³-hybridized carbons (Fsp3) is 0.100. The number of nitriles is 1. The van der Waals surface area contributed by atoms with Crippen LogP contribution in [-0.4, -0.2) is 16.4 Å². The third kappa shape index (κ3) is 2.32. The predicted molar refractivity (Wildman–Crippen MR) is 69.0 cm³/mol. The zero-order valence-corrected chi connectivity index (χ0v) is 10.1. The molecule has 4 nitrogen and oxygen atoms in total. The molecule has 0 aliphatic heterocycles. The van der Waals surface area contributed by atoms with Crippen LogP contribution in [0, 0.1) is 11.5 Å². The van der Waals surface area contributed by atoms with Gasteiger partial charge in [0.2, 0.25) is 0 Å². The summed E-state index contributed by atoms with van der Waals surface area (Å²) in [6.07, 6.45) is 3.73. The van der Waals surface area contributed by atoms with Crippen molar-refractivity contribution >= 4 is 44.2 Å². The Labute approximate surface area is 101 Å². The first kappa shape index (κ1) is 10.9. The molecule has 0 atom stereocenters. The van der Waals surface area contributed by atoms with E-state index in [1.807, 2.05) is 30.6 Å². The van der Waals surface area contributed by atoms with Crippen LogP contribution in [0.2, 0.25) is 0 Å². The van der Waals surface area contributed by atoms with Crippen molar-refractivity contribution in [3.63, 3.8) is 0 Å². The Bertz CT molecular complexity index is 567. The molecule has 1 N–H and O–H groups in total. The summed E-state index contributed by atoms with van der Waals surface area (Å²) in [4.78, 5) is 8.51. The molecule has 80 valence electrons. The number of hydrogen-bond acceptors (Lipinski definition) is 5. The maximum Gasteiger partial charge on any atom is 0.183 e. The van der Waals surface area contributed by atoms with E-state index in [4.69, 9.17) is 5.26 Å². The van der Waals surface area contributed by atoms with E-state index in [9.17, 15) is 0 Å². The SMILES string of the molecule is CSC(=Nc1ccc2ncsc2c1)NC#N. The molecule has 0 amide bonds. The van der Waals surface area contributed by atoms with Crippen molar-refractivity contribution in [1.29, 1.82) is 5.26 Å². The maximum absolute atomic E-state index is 8.52. The largest absolute Gasteiger partial charge is 0.271 e. The normalized spacial score (nSPS) is 11.4. The summed E-state index contributed by atoms with van der Waals surface area (Å²) < 4.78 is 1.10. The van der Waals surface area contributed by atoms with Crippen LogP contribution in [0.3, 0.4) is 0 Å². The van der Waals surface area contributed by atoms with Crippen LogP contribution in [0.25, 0.3) is 10.2 Å². The van der Waals surface area contributed by atoms with Crippen LogP contribution < -0.4 is 5.32 Å². The fourth-order valence-electron chi connectivity index (χ4n) is 1.20. The van der Waals surface area contributed by atoms with Gasteiger partial charge in [0, 0.05) is 0 Å². The van der Waals surface area contributed by atoms with E-state index >= 15 is 0 Å². The third-order valence-corrected chi connectivity index (χ3v) is 3.27. The lowest BCUT2D eigenvalue weighted by atomic mass is 10.3. The summed E-state index contributed by atoms with van der Waals surface area (Å²) >= 11 is 2.98. The number of aliphatic imine (C=N–C) groups is 1. The number of thiazole rings is 1. The quantitative estimate of drug-likeness (QED) is 0.365. The summed E-state index contributed by atoms with van der Waals surface area (Å²) in [5, 5.41) is 11.6. The molecule has 1 aromatic heterocycles. The summed E-state index contributed by atoms with van der Waals surface area (Å²) in [5.74, 6) is 0. The number of benzene rings is 1. The van der Waals surface area contributed by atoms with Crippen molar-refractivity contribution in [3.05, 3.63) is 23.7 Å². The highest BCUT2D eigenvalue weighted by Gasteiger charge is 2.00. The number of amidine groups is 1. The van der Waals surface area contributed by atoms with E-state index < -0.39 is 0 Å². The summed E-state index contributed by atoms with van der Waals surface area (Å²) in [6.45, 7) is 0. The lowest BCUT2D eigenvalue weighted by Gasteiger charge is -1.99. The van der Waals surface area contributed by atoms with Gasteiger partial charge in [0.25, 0.3) is 0 Å². The van der Waals surface area contributed by atoms with E-state index in [0.29, 0.717) is 5.17 Å². The fourth-order valence-corrected chi connectivity index (χ4v) is 2.26. The first-order chi connectivity index (χ1) is 7.83. The predicted octanol–water partition coefficient (Wildman–Crippen LogP) is 2.72. The van der Waals surface area contributed by atoms with Gasteiger partial charge in [-0.25, -0.2) is 9.98 Å². The minimum absolute atomic E-state index is 0.589. The highest BCUT2D eigenvalue weighted by molar-refractivity contribution is 8.13. The number of fused-ring (bicyclic) bond motifs is 1. The summed E-state index contributed by atoms with van der Waals surface area (Å²) in [6, 6.07) is 5.77. The molecule has 2 aromatic rings. The molecule has 0 fully saturated rings. The van der Waals surface area contributed by atoms with Gasteiger partial charge in [0.1, 0.15) is 0 Å². The van der Waals surface area contributed by atoms with Gasteiger partial charge in [0.05, 0.1) is 21.4 Å². The van der Waals surface area contributed by atoms with Crippen molar-refractivity contribution in [3.8, 4) is 6.19 Å². The first-order valence-electron chi connectivity index (χ1n) is 4.44. The van der Waals surface area contributed by atoms with Crippen molar-refractivity contribution < 1.29 is 0 Å². The molecule has 16 heavy (non-hydrogen) atoms. The topological polar surface area (TPSA) is 61.1 Å². The molecule has 0 saturated heterocycles. The van der Waals surface area contributed by atoms with Crippen LogP contribution in [0.4, 0.5) is 5.69 Å². The minimum atomic E-state index is 0.589. The van der Waals surface area contributed by atoms with E-state index in [1.165, 1.54) is 11.8 Å². The van der Waals surface area contributed by atoms with Crippen LogP contribution in [0.1, 0.15) is 0 Å². The van der Waals surface area contributed by atoms with Crippen LogP contribution in [0.15, 0.2) is 28.7 Å². The van der Waals surface area contributed by atoms with E-state index in [1.54, 1.807) is 16.8 Å². The van der Waals surface area contributed by atoms with Crippen molar-refractivity contribution in [2.75, 3.05) is 6.26 Å². The number of aromatic nitrogens is 1. The second-order valence-electron chi connectivity index (χ2n) is 2.86. The van der Waals surface area contributed by atoms with Gasteiger partial charge in [-0.05, 0) is 24.5 Å². The molecule has 0 bridgehead atoms. The van der Waals surface area contributed by atoms with Crippen LogP contribution in [-0.2, 0) is 0 Å². The van der Waals surface area contributed by atoms with E-state index in [0.717, 1.165) is 15.9 Å². The van der Waals surface area contributed by atoms with Gasteiger partial charge >= 0.3 is 0 Å². The molecular formula is C10H8N4S2. The van der Waals surface area contributed by atoms with Gasteiger partial charge < -0.3 is 0 Å². The number of hydrogen-bond donors (Lipinski definition) is 1. The lowest BCUT2D eigenvalue weighted by molar-refractivity contribution is 1.28. The average Bonchev–Trinajstić information content (AvgIpc) is 2.75. The number of thioether (sulfide) groups is 1. The van der Waals surface area contributed by atoms with Gasteiger partial charge in [0.15, 0.2) is 11.4 Å². The molecule has 2 rings (SSSR count). The maximum atomic E-state index is 8.52. The smallest absolute Gasteiger partial charge is 0.183 e. The van der Waals surface area contributed by atoms with Gasteiger partial charge in [-0.3, -0.25) is 5.32 Å². The highest BCUT2D eigenvalue weighted by Crippen LogP contribution is 2.24. The molecular weight excluding hydrogens is 240 g/mol. The van der Waals surface area contributed by atoms with Crippen LogP contribution in [0.5, 0.6) is 0 Å². The van der Waals surface area contributed by atoms with E-state index in [2.05, 4.69) is 15.3 Å². The molecule has 0 aliphatic carbocycles. The Morgan fingerprint density at radius 2 is 2.50 bits per heavy atom. The summed E-state index contributed by atoms with van der Waals surface area (Å²) in [5.41, 5.74) is 3.60. The molecule has 1 heterocycles. The van der Waals surface area contributed by atoms with E-state index in [-0.39, 0.29) is 0 Å². The second-order valence-corrected chi connectivity index (χ2v) is 4.54. The minimum Gasteiger partial charge on any atom is -0.271 e. The highest BCUT2D eigenvalue weighted by atomic mass is 32.2. The molecule has 0 aliphatic rings. The Hall–Kier alpha value is -1.58. The zero-order chi connectivity index (χ0) is 11.4. The molecule has 6 heteroatoms. The second kappa shape index (κ2) is 4.96. The van der Waals surface area contributed by atoms with Crippen molar-refractivity contribution in [2.24, 2.45) is 4.99 Å². The Balaban J connectivity index is 2.36. The Morgan fingerprint density at radius 3 is 3.25 bits per heavy atom. The van der Waals surface area contributed by atoms with Gasteiger partial charge in [-0.15, -0.1) is 11.3 Å². The zero-order valence-electron chi connectivity index (χ0n) is 8.47. The molecule has 0 spiro atoms. The number of nitrogens with one attached hydrogen (secondary N) is 1. The third-order valence-electron chi connectivity index (χ3n) is 1.90. The van der Waals surface area contributed by atoms with Gasteiger partial charge in [-0.1, -0.05) is 11.8 Å². The number of rotatable bonds is 1. The summed E-state index contributed by atoms with van der Waals surface area (Å²) in [7, 11) is 0. The molecule has 0 saturated carbocycles. The average molecular weight is 248 g/mol. The molecule has 1 aromatic carbocycles. The van der Waals surface area contributed by atoms with Crippen LogP contribution >= 0.6 is 23.1 Å².